The molecule has 5 rings (SSSR count). The Labute approximate surface area is 270 Å². The van der Waals surface area contributed by atoms with Crippen LogP contribution in [0.2, 0.25) is 0 Å². The SMILES string of the molecule is Cc1ccc(N2CCN(C(=O)[C@H](Cc3ccc(OS(=O)(=O)c4nccc5ccccc45)cc3)N(C)C(=O)OC(C)(C)C)CC2)cc1. The Morgan fingerprint density at radius 1 is 0.913 bits per heavy atom. The van der Waals surface area contributed by atoms with Gasteiger partial charge in [-0.3, -0.25) is 9.69 Å². The van der Waals surface area contributed by atoms with Gasteiger partial charge in [-0.2, -0.15) is 8.42 Å². The van der Waals surface area contributed by atoms with Crippen LogP contribution in [0, 0.1) is 6.92 Å². The van der Waals surface area contributed by atoms with Gasteiger partial charge in [0.1, 0.15) is 17.4 Å². The van der Waals surface area contributed by atoms with Gasteiger partial charge in [-0.15, -0.1) is 0 Å². The van der Waals surface area contributed by atoms with Gasteiger partial charge < -0.3 is 18.7 Å². The molecule has 11 heteroatoms. The lowest BCUT2D eigenvalue weighted by Gasteiger charge is -2.39. The maximum Gasteiger partial charge on any atom is 0.410 e. The second-order valence-electron chi connectivity index (χ2n) is 12.5. The first-order chi connectivity index (χ1) is 21.8. The molecule has 0 N–H and O–H groups in total. The predicted octanol–water partition coefficient (Wildman–Crippen LogP) is 5.44. The topological polar surface area (TPSA) is 109 Å². The van der Waals surface area contributed by atoms with Gasteiger partial charge in [0, 0.05) is 56.9 Å². The number of likely N-dealkylation sites (N-methyl/N-ethyl adjacent to an activating group) is 1. The van der Waals surface area contributed by atoms with E-state index in [-0.39, 0.29) is 23.1 Å². The zero-order valence-corrected chi connectivity index (χ0v) is 27.7. The van der Waals surface area contributed by atoms with E-state index >= 15 is 0 Å². The molecular formula is C35H40N4O6S. The zero-order valence-electron chi connectivity index (χ0n) is 26.8. The highest BCUT2D eigenvalue weighted by Gasteiger charge is 2.34. The molecule has 2 amide bonds. The number of pyridine rings is 1. The van der Waals surface area contributed by atoms with E-state index in [9.17, 15) is 18.0 Å². The summed E-state index contributed by atoms with van der Waals surface area (Å²) in [5, 5.41) is 1.03. The molecule has 0 spiro atoms. The number of carbonyl (C=O) groups excluding carboxylic acids is 2. The van der Waals surface area contributed by atoms with Gasteiger partial charge in [-0.25, -0.2) is 9.78 Å². The minimum Gasteiger partial charge on any atom is -0.444 e. The van der Waals surface area contributed by atoms with Crippen molar-refractivity contribution in [2.45, 2.75) is 50.8 Å². The van der Waals surface area contributed by atoms with E-state index in [0.717, 1.165) is 16.6 Å². The number of amides is 2. The Morgan fingerprint density at radius 3 is 2.22 bits per heavy atom. The molecule has 1 aliphatic heterocycles. The lowest BCUT2D eigenvalue weighted by atomic mass is 10.0. The van der Waals surface area contributed by atoms with Gasteiger partial charge in [0.05, 0.1) is 0 Å². The predicted molar refractivity (Wildman–Crippen MR) is 177 cm³/mol. The van der Waals surface area contributed by atoms with Crippen LogP contribution in [-0.4, -0.2) is 80.1 Å². The molecule has 242 valence electrons. The molecular weight excluding hydrogens is 604 g/mol. The highest BCUT2D eigenvalue weighted by atomic mass is 32.2. The van der Waals surface area contributed by atoms with Gasteiger partial charge >= 0.3 is 16.2 Å². The minimum atomic E-state index is -4.22. The van der Waals surface area contributed by atoms with Crippen molar-refractivity contribution in [1.82, 2.24) is 14.8 Å². The van der Waals surface area contributed by atoms with E-state index in [1.165, 1.54) is 28.8 Å². The van der Waals surface area contributed by atoms with Crippen molar-refractivity contribution in [1.29, 1.82) is 0 Å². The molecule has 1 aromatic heterocycles. The first kappa shape index (κ1) is 32.7. The maximum atomic E-state index is 14.0. The normalized spacial score (nSPS) is 14.5. The van der Waals surface area contributed by atoms with Gasteiger partial charge in [-0.1, -0.05) is 54.1 Å². The van der Waals surface area contributed by atoms with Crippen molar-refractivity contribution in [3.63, 3.8) is 0 Å². The van der Waals surface area contributed by atoms with Gasteiger partial charge in [0.25, 0.3) is 0 Å². The van der Waals surface area contributed by atoms with E-state index in [1.807, 2.05) is 13.0 Å². The third-order valence-corrected chi connectivity index (χ3v) is 9.07. The standard InChI is InChI=1S/C35H40N4O6S/c1-25-10-14-28(15-11-25)38-20-22-39(23-21-38)33(40)31(37(5)34(41)44-35(2,3)4)24-26-12-16-29(17-13-26)45-46(42,43)32-30-9-7-6-8-27(30)18-19-36-32/h6-19,31H,20-24H2,1-5H3/t31-/m0/s1. The van der Waals surface area contributed by atoms with Gasteiger partial charge in [0.2, 0.25) is 10.9 Å². The number of ether oxygens (including phenoxy) is 1. The first-order valence-corrected chi connectivity index (χ1v) is 16.6. The van der Waals surface area contributed by atoms with E-state index in [2.05, 4.69) is 34.1 Å². The molecule has 0 unspecified atom stereocenters. The van der Waals surface area contributed by atoms with Crippen LogP contribution in [0.25, 0.3) is 10.8 Å². The van der Waals surface area contributed by atoms with Crippen LogP contribution in [0.3, 0.4) is 0 Å². The highest BCUT2D eigenvalue weighted by Crippen LogP contribution is 2.26. The van der Waals surface area contributed by atoms with E-state index in [1.54, 1.807) is 69.1 Å². The molecule has 2 heterocycles. The summed E-state index contributed by atoms with van der Waals surface area (Å²) >= 11 is 0. The highest BCUT2D eigenvalue weighted by molar-refractivity contribution is 7.87. The number of aryl methyl sites for hydroxylation is 1. The summed E-state index contributed by atoms with van der Waals surface area (Å²) in [5.41, 5.74) is 2.29. The number of hydrogen-bond donors (Lipinski definition) is 0. The fourth-order valence-corrected chi connectivity index (χ4v) is 6.45. The zero-order chi connectivity index (χ0) is 33.1. The molecule has 1 fully saturated rings. The second kappa shape index (κ2) is 13.4. The van der Waals surface area contributed by atoms with Gasteiger partial charge in [0.15, 0.2) is 0 Å². The third-order valence-electron chi connectivity index (χ3n) is 7.86. The number of hydrogen-bond acceptors (Lipinski definition) is 8. The van der Waals surface area contributed by atoms with Crippen LogP contribution < -0.4 is 9.08 Å². The molecule has 0 bridgehead atoms. The molecule has 0 radical (unpaired) electrons. The summed E-state index contributed by atoms with van der Waals surface area (Å²) in [6, 6.07) is 22.7. The average Bonchev–Trinajstić information content (AvgIpc) is 3.03. The monoisotopic (exact) mass is 644 g/mol. The Kier molecular flexibility index (Phi) is 9.52. The van der Waals surface area contributed by atoms with Crippen LogP contribution in [0.4, 0.5) is 10.5 Å². The Bertz CT molecular complexity index is 1790. The average molecular weight is 645 g/mol. The number of benzene rings is 3. The van der Waals surface area contributed by atoms with Crippen molar-refractivity contribution in [2.75, 3.05) is 38.1 Å². The summed E-state index contributed by atoms with van der Waals surface area (Å²) in [7, 11) is -2.65. The molecule has 1 saturated heterocycles. The summed E-state index contributed by atoms with van der Waals surface area (Å²) in [6.45, 7) is 9.75. The smallest absolute Gasteiger partial charge is 0.410 e. The molecule has 4 aromatic rings. The molecule has 1 aliphatic rings. The van der Waals surface area contributed by atoms with E-state index in [4.69, 9.17) is 8.92 Å². The summed E-state index contributed by atoms with van der Waals surface area (Å²) in [5.74, 6) is -0.0732. The number of aromatic nitrogens is 1. The molecule has 0 saturated carbocycles. The summed E-state index contributed by atoms with van der Waals surface area (Å²) < 4.78 is 37.3. The number of carbonyl (C=O) groups is 2. The quantitative estimate of drug-likeness (QED) is 0.234. The van der Waals surface area contributed by atoms with Crippen molar-refractivity contribution < 1.29 is 26.9 Å². The maximum absolute atomic E-state index is 14.0. The summed E-state index contributed by atoms with van der Waals surface area (Å²) in [6.07, 6.45) is 1.03. The molecule has 0 aliphatic carbocycles. The largest absolute Gasteiger partial charge is 0.444 e. The number of rotatable bonds is 8. The molecule has 10 nitrogen and oxygen atoms in total. The molecule has 3 aromatic carbocycles. The number of anilines is 1. The van der Waals surface area contributed by atoms with Crippen LogP contribution >= 0.6 is 0 Å². The lowest BCUT2D eigenvalue weighted by Crippen LogP contribution is -2.56. The van der Waals surface area contributed by atoms with Crippen molar-refractivity contribution >= 4 is 38.6 Å². The lowest BCUT2D eigenvalue weighted by molar-refractivity contribution is -0.136. The fourth-order valence-electron chi connectivity index (χ4n) is 5.36. The molecule has 1 atom stereocenters. The summed E-state index contributed by atoms with van der Waals surface area (Å²) in [4.78, 5) is 36.5. The van der Waals surface area contributed by atoms with Crippen molar-refractivity contribution in [2.24, 2.45) is 0 Å². The number of fused-ring (bicyclic) bond motifs is 1. The molecule has 46 heavy (non-hydrogen) atoms. The Balaban J connectivity index is 1.31. The van der Waals surface area contributed by atoms with Crippen LogP contribution in [0.15, 0.2) is 90.1 Å². The van der Waals surface area contributed by atoms with Crippen LogP contribution in [-0.2, 0) is 26.1 Å². The van der Waals surface area contributed by atoms with Crippen LogP contribution in [0.1, 0.15) is 31.9 Å². The fraction of sp³-hybridized carbons (Fsp3) is 0.343. The Hall–Kier alpha value is -4.64. The van der Waals surface area contributed by atoms with Crippen molar-refractivity contribution in [3.8, 4) is 5.75 Å². The number of nitrogens with zero attached hydrogens (tertiary/aromatic N) is 4. The minimum absolute atomic E-state index is 0.106. The third kappa shape index (κ3) is 7.77. The van der Waals surface area contributed by atoms with E-state index < -0.39 is 27.9 Å². The van der Waals surface area contributed by atoms with Crippen LogP contribution in [0.5, 0.6) is 5.75 Å². The Morgan fingerprint density at radius 2 is 1.57 bits per heavy atom. The van der Waals surface area contributed by atoms with Crippen molar-refractivity contribution in [3.05, 3.63) is 96.2 Å². The van der Waals surface area contributed by atoms with E-state index in [0.29, 0.717) is 31.6 Å². The first-order valence-electron chi connectivity index (χ1n) is 15.2. The number of piperazine rings is 1. The second-order valence-corrected chi connectivity index (χ2v) is 13.9. The van der Waals surface area contributed by atoms with Gasteiger partial charge in [-0.05, 0) is 69.0 Å².